The Morgan fingerprint density at radius 1 is 1.76 bits per heavy atom. The van der Waals surface area contributed by atoms with Crippen LogP contribution in [0.15, 0.2) is 5.38 Å². The maximum absolute atomic E-state index is 10.8. The molecule has 1 N–H and O–H groups in total. The summed E-state index contributed by atoms with van der Waals surface area (Å²) in [6.07, 6.45) is 0.128. The first-order valence-electron chi connectivity index (χ1n) is 5.60. The third-order valence-electron chi connectivity index (χ3n) is 2.79. The smallest absolute Gasteiger partial charge is 0.305 e. The Hall–Kier alpha value is -0.980. The van der Waals surface area contributed by atoms with E-state index in [4.69, 9.17) is 9.84 Å². The highest BCUT2D eigenvalue weighted by Gasteiger charge is 2.25. The van der Waals surface area contributed by atoms with Crippen molar-refractivity contribution in [1.29, 1.82) is 0 Å². The van der Waals surface area contributed by atoms with Gasteiger partial charge < -0.3 is 9.84 Å². The molecule has 2 heterocycles. The summed E-state index contributed by atoms with van der Waals surface area (Å²) in [4.78, 5) is 17.3. The fourth-order valence-electron chi connectivity index (χ4n) is 1.98. The van der Waals surface area contributed by atoms with Crippen LogP contribution in [0.1, 0.15) is 17.1 Å². The third kappa shape index (κ3) is 3.49. The Kier molecular flexibility index (Phi) is 4.09. The van der Waals surface area contributed by atoms with Crippen molar-refractivity contribution in [3.8, 4) is 0 Å². The van der Waals surface area contributed by atoms with Gasteiger partial charge in [0, 0.05) is 24.5 Å². The minimum Gasteiger partial charge on any atom is -0.481 e. The van der Waals surface area contributed by atoms with Gasteiger partial charge in [0.15, 0.2) is 0 Å². The van der Waals surface area contributed by atoms with E-state index in [1.165, 1.54) is 0 Å². The fourth-order valence-corrected chi connectivity index (χ4v) is 2.58. The van der Waals surface area contributed by atoms with Gasteiger partial charge in [0.25, 0.3) is 0 Å². The maximum atomic E-state index is 10.8. The van der Waals surface area contributed by atoms with E-state index in [0.717, 1.165) is 17.2 Å². The zero-order valence-corrected chi connectivity index (χ0v) is 10.6. The lowest BCUT2D eigenvalue weighted by Crippen LogP contribution is -2.45. The van der Waals surface area contributed by atoms with Crippen LogP contribution in [0.2, 0.25) is 0 Å². The van der Waals surface area contributed by atoms with Crippen LogP contribution >= 0.6 is 11.3 Å². The number of carboxylic acids is 1. The van der Waals surface area contributed by atoms with Gasteiger partial charge in [-0.15, -0.1) is 11.3 Å². The number of carbonyl (C=O) groups is 1. The molecule has 2 rings (SSSR count). The standard InChI is InChI=1S/C11H16N2O3S/c1-8-12-9(7-17-8)5-13-2-3-16-6-10(13)4-11(14)15/h7,10H,2-6H2,1H3,(H,14,15). The first kappa shape index (κ1) is 12.5. The molecule has 1 aromatic heterocycles. The predicted octanol–water partition coefficient (Wildman–Crippen LogP) is 1.13. The highest BCUT2D eigenvalue weighted by molar-refractivity contribution is 7.09. The van der Waals surface area contributed by atoms with E-state index in [-0.39, 0.29) is 12.5 Å². The number of thiazole rings is 1. The van der Waals surface area contributed by atoms with Crippen molar-refractivity contribution in [3.05, 3.63) is 16.1 Å². The lowest BCUT2D eigenvalue weighted by Gasteiger charge is -2.34. The van der Waals surface area contributed by atoms with Crippen molar-refractivity contribution in [2.45, 2.75) is 25.9 Å². The molecule has 0 amide bonds. The molecular formula is C11H16N2O3S. The largest absolute Gasteiger partial charge is 0.481 e. The number of hydrogen-bond acceptors (Lipinski definition) is 5. The van der Waals surface area contributed by atoms with Gasteiger partial charge in [0.05, 0.1) is 30.3 Å². The number of morpholine rings is 1. The number of aromatic nitrogens is 1. The Balaban J connectivity index is 1.98. The molecular weight excluding hydrogens is 240 g/mol. The summed E-state index contributed by atoms with van der Waals surface area (Å²) in [6, 6.07) is -0.0387. The molecule has 94 valence electrons. The number of hydrogen-bond donors (Lipinski definition) is 1. The topological polar surface area (TPSA) is 62.7 Å². The number of nitrogens with zero attached hydrogens (tertiary/aromatic N) is 2. The monoisotopic (exact) mass is 256 g/mol. The Bertz CT molecular complexity index is 394. The summed E-state index contributed by atoms with van der Waals surface area (Å²) in [5.74, 6) is -0.778. The summed E-state index contributed by atoms with van der Waals surface area (Å²) < 4.78 is 5.33. The molecule has 1 aromatic rings. The Morgan fingerprint density at radius 2 is 2.59 bits per heavy atom. The molecule has 17 heavy (non-hydrogen) atoms. The van der Waals surface area contributed by atoms with Crippen molar-refractivity contribution >= 4 is 17.3 Å². The summed E-state index contributed by atoms with van der Waals surface area (Å²) in [6.45, 7) is 4.62. The summed E-state index contributed by atoms with van der Waals surface area (Å²) >= 11 is 1.62. The number of aliphatic carboxylic acids is 1. The van der Waals surface area contributed by atoms with Gasteiger partial charge in [-0.2, -0.15) is 0 Å². The summed E-state index contributed by atoms with van der Waals surface area (Å²) in [5, 5.41) is 11.9. The van der Waals surface area contributed by atoms with Gasteiger partial charge in [0.2, 0.25) is 0 Å². The molecule has 0 aliphatic carbocycles. The molecule has 0 saturated carbocycles. The van der Waals surface area contributed by atoms with Crippen LogP contribution in [-0.2, 0) is 16.1 Å². The molecule has 1 aliphatic rings. The molecule has 1 aliphatic heterocycles. The molecule has 0 aromatic carbocycles. The van der Waals surface area contributed by atoms with E-state index in [1.807, 2.05) is 12.3 Å². The normalized spacial score (nSPS) is 21.6. The number of carboxylic acid groups (broad SMARTS) is 1. The zero-order valence-electron chi connectivity index (χ0n) is 9.76. The number of ether oxygens (including phenoxy) is 1. The molecule has 5 nitrogen and oxygen atoms in total. The van der Waals surface area contributed by atoms with Gasteiger partial charge in [-0.1, -0.05) is 0 Å². The lowest BCUT2D eigenvalue weighted by molar-refractivity contribution is -0.140. The van der Waals surface area contributed by atoms with Crippen LogP contribution < -0.4 is 0 Å². The van der Waals surface area contributed by atoms with Crippen LogP contribution in [0, 0.1) is 6.92 Å². The first-order chi connectivity index (χ1) is 8.15. The van der Waals surface area contributed by atoms with Gasteiger partial charge in [-0.25, -0.2) is 4.98 Å². The molecule has 6 heteroatoms. The average Bonchev–Trinajstić information content (AvgIpc) is 2.66. The van der Waals surface area contributed by atoms with E-state index in [0.29, 0.717) is 19.8 Å². The minimum atomic E-state index is -0.778. The van der Waals surface area contributed by atoms with Gasteiger partial charge in [0.1, 0.15) is 0 Å². The number of aryl methyl sites for hydroxylation is 1. The van der Waals surface area contributed by atoms with Gasteiger partial charge >= 0.3 is 5.97 Å². The Morgan fingerprint density at radius 3 is 3.24 bits per heavy atom. The van der Waals surface area contributed by atoms with E-state index >= 15 is 0 Å². The molecule has 0 radical (unpaired) electrons. The van der Waals surface area contributed by atoms with E-state index in [2.05, 4.69) is 9.88 Å². The summed E-state index contributed by atoms with van der Waals surface area (Å²) in [5.41, 5.74) is 1.02. The second-order valence-electron chi connectivity index (χ2n) is 4.15. The molecule has 0 bridgehead atoms. The van der Waals surface area contributed by atoms with Crippen molar-refractivity contribution in [2.75, 3.05) is 19.8 Å². The maximum Gasteiger partial charge on any atom is 0.305 e. The van der Waals surface area contributed by atoms with Crippen LogP contribution in [0.3, 0.4) is 0 Å². The van der Waals surface area contributed by atoms with Gasteiger partial charge in [-0.3, -0.25) is 9.69 Å². The zero-order chi connectivity index (χ0) is 12.3. The lowest BCUT2D eigenvalue weighted by atomic mass is 10.1. The van der Waals surface area contributed by atoms with E-state index < -0.39 is 5.97 Å². The van der Waals surface area contributed by atoms with Crippen molar-refractivity contribution in [3.63, 3.8) is 0 Å². The van der Waals surface area contributed by atoms with Crippen molar-refractivity contribution in [1.82, 2.24) is 9.88 Å². The molecule has 1 saturated heterocycles. The summed E-state index contributed by atoms with van der Waals surface area (Å²) in [7, 11) is 0. The van der Waals surface area contributed by atoms with Crippen LogP contribution in [0.25, 0.3) is 0 Å². The van der Waals surface area contributed by atoms with Crippen molar-refractivity contribution in [2.24, 2.45) is 0 Å². The van der Waals surface area contributed by atoms with E-state index in [1.54, 1.807) is 11.3 Å². The Labute approximate surface area is 104 Å². The van der Waals surface area contributed by atoms with Gasteiger partial charge in [-0.05, 0) is 6.92 Å². The van der Waals surface area contributed by atoms with Crippen LogP contribution in [0.5, 0.6) is 0 Å². The van der Waals surface area contributed by atoms with E-state index in [9.17, 15) is 4.79 Å². The molecule has 1 fully saturated rings. The SMILES string of the molecule is Cc1nc(CN2CCOCC2CC(=O)O)cs1. The molecule has 1 unspecified atom stereocenters. The highest BCUT2D eigenvalue weighted by atomic mass is 32.1. The quantitative estimate of drug-likeness (QED) is 0.875. The van der Waals surface area contributed by atoms with Crippen LogP contribution in [0.4, 0.5) is 0 Å². The fraction of sp³-hybridized carbons (Fsp3) is 0.636. The third-order valence-corrected chi connectivity index (χ3v) is 3.61. The first-order valence-corrected chi connectivity index (χ1v) is 6.47. The second kappa shape index (κ2) is 5.57. The number of rotatable bonds is 4. The molecule has 0 spiro atoms. The predicted molar refractivity (Wildman–Crippen MR) is 64.1 cm³/mol. The van der Waals surface area contributed by atoms with Crippen LogP contribution in [-0.4, -0.2) is 46.8 Å². The second-order valence-corrected chi connectivity index (χ2v) is 5.22. The average molecular weight is 256 g/mol. The molecule has 1 atom stereocenters. The van der Waals surface area contributed by atoms with Crippen molar-refractivity contribution < 1.29 is 14.6 Å². The minimum absolute atomic E-state index is 0.0387. The highest BCUT2D eigenvalue weighted by Crippen LogP contribution is 2.16.